The van der Waals surface area contributed by atoms with E-state index in [-0.39, 0.29) is 5.91 Å². The molecule has 0 radical (unpaired) electrons. The lowest BCUT2D eigenvalue weighted by molar-refractivity contribution is 0.0625. The lowest BCUT2D eigenvalue weighted by Gasteiger charge is -2.26. The van der Waals surface area contributed by atoms with Crippen LogP contribution in [0.3, 0.4) is 0 Å². The van der Waals surface area contributed by atoms with Gasteiger partial charge in [-0.25, -0.2) is 0 Å². The van der Waals surface area contributed by atoms with Crippen LogP contribution in [0.15, 0.2) is 29.3 Å². The molecular formula is C20H32N4O2. The second-order valence-electron chi connectivity index (χ2n) is 6.73. The van der Waals surface area contributed by atoms with E-state index in [9.17, 15) is 4.79 Å². The molecule has 6 nitrogen and oxygen atoms in total. The van der Waals surface area contributed by atoms with Gasteiger partial charge in [0, 0.05) is 52.5 Å². The zero-order chi connectivity index (χ0) is 18.8. The maximum absolute atomic E-state index is 12.0. The summed E-state index contributed by atoms with van der Waals surface area (Å²) in [6.45, 7) is 5.95. The highest BCUT2D eigenvalue weighted by Crippen LogP contribution is 2.18. The average Bonchev–Trinajstić information content (AvgIpc) is 2.68. The average molecular weight is 361 g/mol. The minimum absolute atomic E-state index is 0.0349. The van der Waals surface area contributed by atoms with Crippen molar-refractivity contribution in [3.63, 3.8) is 0 Å². The molecule has 1 saturated heterocycles. The summed E-state index contributed by atoms with van der Waals surface area (Å²) < 4.78 is 5.43. The predicted molar refractivity (Wildman–Crippen MR) is 105 cm³/mol. The lowest BCUT2D eigenvalue weighted by Crippen LogP contribution is -2.39. The van der Waals surface area contributed by atoms with Gasteiger partial charge in [0.05, 0.1) is 0 Å². The summed E-state index contributed by atoms with van der Waals surface area (Å²) in [7, 11) is 3.87. The molecule has 2 N–H and O–H groups in total. The minimum Gasteiger partial charge on any atom is -0.381 e. The third-order valence-electron chi connectivity index (χ3n) is 4.76. The van der Waals surface area contributed by atoms with Gasteiger partial charge in [0.2, 0.25) is 0 Å². The summed E-state index contributed by atoms with van der Waals surface area (Å²) >= 11 is 0. The van der Waals surface area contributed by atoms with E-state index in [2.05, 4.69) is 27.6 Å². The van der Waals surface area contributed by atoms with Crippen molar-refractivity contribution in [3.05, 3.63) is 35.4 Å². The zero-order valence-electron chi connectivity index (χ0n) is 16.3. The van der Waals surface area contributed by atoms with Gasteiger partial charge < -0.3 is 20.3 Å². The van der Waals surface area contributed by atoms with E-state index < -0.39 is 0 Å². The van der Waals surface area contributed by atoms with Crippen LogP contribution in [0.25, 0.3) is 0 Å². The number of aliphatic imine (C=N–C) groups is 1. The molecule has 1 heterocycles. The topological polar surface area (TPSA) is 66.0 Å². The number of ether oxygens (including phenoxy) is 1. The van der Waals surface area contributed by atoms with Crippen molar-refractivity contribution in [1.29, 1.82) is 0 Å². The molecule has 1 aliphatic rings. The minimum atomic E-state index is -0.0349. The monoisotopic (exact) mass is 360 g/mol. The van der Waals surface area contributed by atoms with Gasteiger partial charge in [-0.2, -0.15) is 0 Å². The van der Waals surface area contributed by atoms with Gasteiger partial charge in [0.1, 0.15) is 0 Å². The molecule has 1 fully saturated rings. The van der Waals surface area contributed by atoms with Crippen molar-refractivity contribution in [2.45, 2.75) is 32.7 Å². The van der Waals surface area contributed by atoms with Crippen molar-refractivity contribution >= 4 is 11.9 Å². The first kappa shape index (κ1) is 20.2. The van der Waals surface area contributed by atoms with Crippen LogP contribution < -0.4 is 10.6 Å². The summed E-state index contributed by atoms with van der Waals surface area (Å²) in [6, 6.07) is 7.70. The van der Waals surface area contributed by atoms with Crippen molar-refractivity contribution in [3.8, 4) is 0 Å². The Labute approximate surface area is 157 Å². The van der Waals surface area contributed by atoms with E-state index in [1.165, 1.54) is 0 Å². The number of nitrogens with one attached hydrogen (secondary N) is 2. The summed E-state index contributed by atoms with van der Waals surface area (Å²) in [4.78, 5) is 18.5. The van der Waals surface area contributed by atoms with Crippen molar-refractivity contribution < 1.29 is 9.53 Å². The largest absolute Gasteiger partial charge is 0.381 e. The normalized spacial score (nSPS) is 15.6. The highest BCUT2D eigenvalue weighted by Gasteiger charge is 2.15. The number of hydrogen-bond donors (Lipinski definition) is 2. The van der Waals surface area contributed by atoms with Crippen LogP contribution in [-0.4, -0.2) is 57.2 Å². The molecular weight excluding hydrogens is 328 g/mol. The smallest absolute Gasteiger partial charge is 0.251 e. The standard InChI is InChI=1S/C20H32N4O2/c1-4-22-19(25)18-7-5-6-17(14-18)15-23-20(21-2)24(3)11-8-16-9-12-26-13-10-16/h5-7,14,16H,4,8-13,15H2,1-3H3,(H,21,23)(H,22,25). The van der Waals surface area contributed by atoms with E-state index in [1.807, 2.05) is 31.2 Å². The number of benzene rings is 1. The highest BCUT2D eigenvalue weighted by molar-refractivity contribution is 5.94. The van der Waals surface area contributed by atoms with Gasteiger partial charge in [-0.3, -0.25) is 9.79 Å². The van der Waals surface area contributed by atoms with Crippen LogP contribution in [0.5, 0.6) is 0 Å². The lowest BCUT2D eigenvalue weighted by atomic mass is 9.96. The number of carbonyl (C=O) groups excluding carboxylic acids is 1. The summed E-state index contributed by atoms with van der Waals surface area (Å²) in [5.41, 5.74) is 1.75. The molecule has 1 aliphatic heterocycles. The SMILES string of the molecule is CCNC(=O)c1cccc(CNC(=NC)N(C)CCC2CCOCC2)c1. The van der Waals surface area contributed by atoms with Gasteiger partial charge in [-0.05, 0) is 49.8 Å². The summed E-state index contributed by atoms with van der Waals surface area (Å²) in [5.74, 6) is 1.59. The molecule has 1 aromatic rings. The quantitative estimate of drug-likeness (QED) is 0.578. The Morgan fingerprint density at radius 3 is 2.77 bits per heavy atom. The molecule has 2 rings (SSSR count). The number of carbonyl (C=O) groups is 1. The van der Waals surface area contributed by atoms with Crippen LogP contribution in [0.4, 0.5) is 0 Å². The number of nitrogens with zero attached hydrogens (tertiary/aromatic N) is 2. The first-order valence-electron chi connectivity index (χ1n) is 9.50. The van der Waals surface area contributed by atoms with Gasteiger partial charge in [0.25, 0.3) is 5.91 Å². The molecule has 1 amide bonds. The predicted octanol–water partition coefficient (Wildman–Crippen LogP) is 2.26. The summed E-state index contributed by atoms with van der Waals surface area (Å²) in [6.07, 6.45) is 3.48. The second kappa shape index (κ2) is 10.8. The Morgan fingerprint density at radius 1 is 1.31 bits per heavy atom. The first-order chi connectivity index (χ1) is 12.6. The number of hydrogen-bond acceptors (Lipinski definition) is 3. The Hall–Kier alpha value is -2.08. The molecule has 0 atom stereocenters. The van der Waals surface area contributed by atoms with Crippen LogP contribution in [0.2, 0.25) is 0 Å². The van der Waals surface area contributed by atoms with Crippen LogP contribution >= 0.6 is 0 Å². The van der Waals surface area contributed by atoms with Crippen LogP contribution in [0, 0.1) is 5.92 Å². The van der Waals surface area contributed by atoms with Crippen LogP contribution in [0.1, 0.15) is 42.1 Å². The third kappa shape index (κ3) is 6.33. The van der Waals surface area contributed by atoms with Crippen LogP contribution in [-0.2, 0) is 11.3 Å². The number of amides is 1. The van der Waals surface area contributed by atoms with Gasteiger partial charge >= 0.3 is 0 Å². The fraction of sp³-hybridized carbons (Fsp3) is 0.600. The summed E-state index contributed by atoms with van der Waals surface area (Å²) in [5, 5.41) is 6.22. The molecule has 144 valence electrons. The molecule has 1 aromatic carbocycles. The number of guanidine groups is 1. The van der Waals surface area contributed by atoms with E-state index >= 15 is 0 Å². The molecule has 0 spiro atoms. The van der Waals surface area contributed by atoms with Gasteiger partial charge in [0.15, 0.2) is 5.96 Å². The maximum atomic E-state index is 12.0. The molecule has 6 heteroatoms. The Morgan fingerprint density at radius 2 is 2.08 bits per heavy atom. The number of rotatable bonds is 7. The van der Waals surface area contributed by atoms with E-state index in [4.69, 9.17) is 4.74 Å². The molecule has 26 heavy (non-hydrogen) atoms. The van der Waals surface area contributed by atoms with Crippen molar-refractivity contribution in [2.24, 2.45) is 10.9 Å². The van der Waals surface area contributed by atoms with Crippen molar-refractivity contribution in [1.82, 2.24) is 15.5 Å². The molecule has 0 bridgehead atoms. The van der Waals surface area contributed by atoms with E-state index in [0.29, 0.717) is 18.7 Å². The molecule has 0 unspecified atom stereocenters. The first-order valence-corrected chi connectivity index (χ1v) is 9.50. The fourth-order valence-corrected chi connectivity index (χ4v) is 3.17. The Kier molecular flexibility index (Phi) is 8.41. The Bertz CT molecular complexity index is 597. The molecule has 0 saturated carbocycles. The zero-order valence-corrected chi connectivity index (χ0v) is 16.3. The highest BCUT2D eigenvalue weighted by atomic mass is 16.5. The molecule has 0 aromatic heterocycles. The maximum Gasteiger partial charge on any atom is 0.251 e. The fourth-order valence-electron chi connectivity index (χ4n) is 3.17. The van der Waals surface area contributed by atoms with Crippen molar-refractivity contribution in [2.75, 3.05) is 40.4 Å². The van der Waals surface area contributed by atoms with E-state index in [1.54, 1.807) is 7.05 Å². The molecule has 0 aliphatic carbocycles. The van der Waals surface area contributed by atoms with Gasteiger partial charge in [-0.15, -0.1) is 0 Å². The third-order valence-corrected chi connectivity index (χ3v) is 4.76. The second-order valence-corrected chi connectivity index (χ2v) is 6.73. The van der Waals surface area contributed by atoms with E-state index in [0.717, 1.165) is 56.5 Å². The Balaban J connectivity index is 1.83. The van der Waals surface area contributed by atoms with Gasteiger partial charge in [-0.1, -0.05) is 12.1 Å².